The van der Waals surface area contributed by atoms with Crippen LogP contribution in [0.5, 0.6) is 0 Å². The Morgan fingerprint density at radius 3 is 2.60 bits per heavy atom. The van der Waals surface area contributed by atoms with E-state index in [1.165, 1.54) is 24.1 Å². The fourth-order valence-corrected chi connectivity index (χ4v) is 1.88. The summed E-state index contributed by atoms with van der Waals surface area (Å²) in [4.78, 5) is 24.8. The average Bonchev–Trinajstić information content (AvgIpc) is 2.38. The lowest BCUT2D eigenvalue weighted by Gasteiger charge is -2.17. The Morgan fingerprint density at radius 1 is 1.40 bits per heavy atom. The van der Waals surface area contributed by atoms with E-state index >= 15 is 0 Å². The second-order valence-corrected chi connectivity index (χ2v) is 5.29. The summed E-state index contributed by atoms with van der Waals surface area (Å²) >= 11 is 11.6. The third-order valence-electron chi connectivity index (χ3n) is 2.60. The van der Waals surface area contributed by atoms with Gasteiger partial charge in [0.1, 0.15) is 0 Å². The van der Waals surface area contributed by atoms with Crippen LogP contribution in [-0.2, 0) is 9.59 Å². The van der Waals surface area contributed by atoms with Crippen molar-refractivity contribution in [3.63, 3.8) is 0 Å². The molecule has 2 N–H and O–H groups in total. The quantitative estimate of drug-likeness (QED) is 0.836. The number of amides is 2. The van der Waals surface area contributed by atoms with Gasteiger partial charge in [0, 0.05) is 18.6 Å². The monoisotopic (exact) mass is 318 g/mol. The van der Waals surface area contributed by atoms with Crippen LogP contribution < -0.4 is 5.32 Å². The maximum Gasteiger partial charge on any atom is 0.313 e. The van der Waals surface area contributed by atoms with Crippen molar-refractivity contribution in [1.29, 1.82) is 0 Å². The SMILES string of the molecule is CC(O)CCN(C)C(=O)C(=O)Nc1ccc(Cl)cc1Cl. The zero-order chi connectivity index (χ0) is 15.3. The first-order chi connectivity index (χ1) is 9.31. The summed E-state index contributed by atoms with van der Waals surface area (Å²) < 4.78 is 0. The first-order valence-electron chi connectivity index (χ1n) is 6.01. The van der Waals surface area contributed by atoms with E-state index < -0.39 is 17.9 Å². The van der Waals surface area contributed by atoms with Crippen molar-refractivity contribution in [1.82, 2.24) is 4.90 Å². The maximum absolute atomic E-state index is 11.8. The van der Waals surface area contributed by atoms with Crippen LogP contribution in [0, 0.1) is 0 Å². The number of halogens is 2. The smallest absolute Gasteiger partial charge is 0.313 e. The molecule has 0 bridgehead atoms. The molecule has 7 heteroatoms. The molecule has 0 aliphatic heterocycles. The van der Waals surface area contributed by atoms with Crippen LogP contribution in [0.1, 0.15) is 13.3 Å². The van der Waals surface area contributed by atoms with Crippen LogP contribution in [0.15, 0.2) is 18.2 Å². The summed E-state index contributed by atoms with van der Waals surface area (Å²) in [5.41, 5.74) is 0.318. The molecular weight excluding hydrogens is 303 g/mol. The molecular formula is C13H16Cl2N2O3. The number of hydrogen-bond acceptors (Lipinski definition) is 3. The Labute approximate surface area is 127 Å². The second-order valence-electron chi connectivity index (χ2n) is 4.44. The first-order valence-corrected chi connectivity index (χ1v) is 6.76. The molecule has 0 aliphatic carbocycles. The molecule has 0 heterocycles. The molecule has 1 atom stereocenters. The Kier molecular flexibility index (Phi) is 6.26. The van der Waals surface area contributed by atoms with Crippen LogP contribution in [0.4, 0.5) is 5.69 Å². The number of rotatable bonds is 4. The van der Waals surface area contributed by atoms with Crippen molar-refractivity contribution < 1.29 is 14.7 Å². The van der Waals surface area contributed by atoms with Gasteiger partial charge in [0.15, 0.2) is 0 Å². The van der Waals surface area contributed by atoms with Crippen molar-refractivity contribution in [2.24, 2.45) is 0 Å². The lowest BCUT2D eigenvalue weighted by atomic mass is 10.2. The minimum atomic E-state index is -0.790. The van der Waals surface area contributed by atoms with E-state index in [2.05, 4.69) is 5.32 Å². The van der Waals surface area contributed by atoms with Crippen LogP contribution in [0.25, 0.3) is 0 Å². The zero-order valence-corrected chi connectivity index (χ0v) is 12.7. The second kappa shape index (κ2) is 7.47. The van der Waals surface area contributed by atoms with Gasteiger partial charge < -0.3 is 15.3 Å². The number of benzene rings is 1. The Morgan fingerprint density at radius 2 is 2.05 bits per heavy atom. The summed E-state index contributed by atoms with van der Waals surface area (Å²) in [5, 5.41) is 12.3. The molecule has 0 aromatic heterocycles. The van der Waals surface area contributed by atoms with Gasteiger partial charge in [0.25, 0.3) is 0 Å². The number of carbonyl (C=O) groups is 2. The van der Waals surface area contributed by atoms with E-state index in [-0.39, 0.29) is 11.6 Å². The summed E-state index contributed by atoms with van der Waals surface area (Å²) in [7, 11) is 1.49. The number of carbonyl (C=O) groups excluding carboxylic acids is 2. The van der Waals surface area contributed by atoms with E-state index in [0.29, 0.717) is 17.1 Å². The van der Waals surface area contributed by atoms with Crippen LogP contribution in [-0.4, -0.2) is 41.5 Å². The molecule has 1 aromatic carbocycles. The Balaban J connectivity index is 2.63. The highest BCUT2D eigenvalue weighted by Crippen LogP contribution is 2.25. The highest BCUT2D eigenvalue weighted by Gasteiger charge is 2.19. The summed E-state index contributed by atoms with van der Waals surface area (Å²) in [6, 6.07) is 4.55. The summed E-state index contributed by atoms with van der Waals surface area (Å²) in [6.45, 7) is 1.91. The van der Waals surface area contributed by atoms with E-state index in [0.717, 1.165) is 0 Å². The van der Waals surface area contributed by atoms with E-state index in [1.807, 2.05) is 0 Å². The van der Waals surface area contributed by atoms with Crippen molar-refractivity contribution in [2.45, 2.75) is 19.4 Å². The molecule has 1 unspecified atom stereocenters. The number of likely N-dealkylation sites (N-methyl/N-ethyl adjacent to an activating group) is 1. The number of hydrogen-bond donors (Lipinski definition) is 2. The number of aliphatic hydroxyl groups excluding tert-OH is 1. The molecule has 1 aromatic rings. The van der Waals surface area contributed by atoms with Crippen LogP contribution >= 0.6 is 23.2 Å². The Hall–Kier alpha value is -1.30. The molecule has 0 spiro atoms. The molecule has 0 saturated heterocycles. The molecule has 0 saturated carbocycles. The molecule has 0 radical (unpaired) electrons. The lowest BCUT2D eigenvalue weighted by molar-refractivity contribution is -0.142. The number of nitrogens with zero attached hydrogens (tertiary/aromatic N) is 1. The molecule has 0 aliphatic rings. The number of anilines is 1. The third-order valence-corrected chi connectivity index (χ3v) is 3.15. The highest BCUT2D eigenvalue weighted by atomic mass is 35.5. The normalized spacial score (nSPS) is 11.8. The zero-order valence-electron chi connectivity index (χ0n) is 11.2. The minimum absolute atomic E-state index is 0.255. The fraction of sp³-hybridized carbons (Fsp3) is 0.385. The Bertz CT molecular complexity index is 506. The number of aliphatic hydroxyl groups is 1. The van der Waals surface area contributed by atoms with Gasteiger partial charge in [-0.15, -0.1) is 0 Å². The minimum Gasteiger partial charge on any atom is -0.393 e. The van der Waals surface area contributed by atoms with Crippen molar-refractivity contribution >= 4 is 40.7 Å². The van der Waals surface area contributed by atoms with Crippen molar-refractivity contribution in [2.75, 3.05) is 18.9 Å². The van der Waals surface area contributed by atoms with E-state index in [9.17, 15) is 9.59 Å². The topological polar surface area (TPSA) is 69.6 Å². The largest absolute Gasteiger partial charge is 0.393 e. The van der Waals surface area contributed by atoms with Gasteiger partial charge in [0.2, 0.25) is 0 Å². The molecule has 20 heavy (non-hydrogen) atoms. The van der Waals surface area contributed by atoms with Crippen molar-refractivity contribution in [3.8, 4) is 0 Å². The average molecular weight is 319 g/mol. The fourth-order valence-electron chi connectivity index (χ4n) is 1.42. The number of nitrogens with one attached hydrogen (secondary N) is 1. The van der Waals surface area contributed by atoms with E-state index in [1.54, 1.807) is 13.0 Å². The standard InChI is InChI=1S/C13H16Cl2N2O3/c1-8(18)5-6-17(2)13(20)12(19)16-11-4-3-9(14)7-10(11)15/h3-4,7-8,18H,5-6H2,1-2H3,(H,16,19). The van der Waals surface area contributed by atoms with Gasteiger partial charge in [-0.3, -0.25) is 9.59 Å². The van der Waals surface area contributed by atoms with Gasteiger partial charge in [0.05, 0.1) is 16.8 Å². The summed E-state index contributed by atoms with van der Waals surface area (Å²) in [5.74, 6) is -1.49. The van der Waals surface area contributed by atoms with Crippen LogP contribution in [0.3, 0.4) is 0 Å². The molecule has 1 rings (SSSR count). The van der Waals surface area contributed by atoms with Gasteiger partial charge in [-0.05, 0) is 31.5 Å². The maximum atomic E-state index is 11.8. The van der Waals surface area contributed by atoms with Gasteiger partial charge in [-0.2, -0.15) is 0 Å². The molecule has 2 amide bonds. The summed E-state index contributed by atoms with van der Waals surface area (Å²) in [6.07, 6.45) is -0.129. The lowest BCUT2D eigenvalue weighted by Crippen LogP contribution is -2.38. The third kappa shape index (κ3) is 5.00. The van der Waals surface area contributed by atoms with Gasteiger partial charge in [-0.25, -0.2) is 0 Å². The molecule has 110 valence electrons. The van der Waals surface area contributed by atoms with Gasteiger partial charge in [-0.1, -0.05) is 23.2 Å². The predicted molar refractivity (Wildman–Crippen MR) is 79.0 cm³/mol. The molecule has 5 nitrogen and oxygen atoms in total. The molecule has 0 fully saturated rings. The van der Waals surface area contributed by atoms with Crippen molar-refractivity contribution in [3.05, 3.63) is 28.2 Å². The first kappa shape index (κ1) is 16.8. The van der Waals surface area contributed by atoms with Gasteiger partial charge >= 0.3 is 11.8 Å². The van der Waals surface area contributed by atoms with E-state index in [4.69, 9.17) is 28.3 Å². The predicted octanol–water partition coefficient (Wildman–Crippen LogP) is 2.16. The highest BCUT2D eigenvalue weighted by molar-refractivity contribution is 6.42. The van der Waals surface area contributed by atoms with Crippen LogP contribution in [0.2, 0.25) is 10.0 Å².